The van der Waals surface area contributed by atoms with E-state index in [1.54, 1.807) is 9.80 Å². The van der Waals surface area contributed by atoms with Gasteiger partial charge in [-0.3, -0.25) is 0 Å². The fraction of sp³-hybridized carbons (Fsp3) is 0.381. The Hall–Kier alpha value is -2.91. The van der Waals surface area contributed by atoms with Gasteiger partial charge in [-0.2, -0.15) is 0 Å². The standard InChI is InChI=1S/C21H24Cl2N8O/c1-13-27-28-19(31(13)11-14-6-8-15(22)9-7-14)16-5-4-10-30(16)21(32)26-17-18(23)24-12-25-20(17)29(2)3/h6-9,12,16H,4-5,10-11H2,1-3H3,(H,26,32)/t16-/m1/s1. The molecule has 1 fully saturated rings. The van der Waals surface area contributed by atoms with Crippen molar-refractivity contribution in [1.29, 1.82) is 0 Å². The van der Waals surface area contributed by atoms with Gasteiger partial charge >= 0.3 is 6.03 Å². The van der Waals surface area contributed by atoms with Crippen LogP contribution < -0.4 is 10.2 Å². The minimum atomic E-state index is -0.272. The monoisotopic (exact) mass is 474 g/mol. The van der Waals surface area contributed by atoms with Crippen molar-refractivity contribution in [3.63, 3.8) is 0 Å². The molecule has 1 N–H and O–H groups in total. The quantitative estimate of drug-likeness (QED) is 0.557. The Labute approximate surface area is 196 Å². The number of carbonyl (C=O) groups excluding carboxylic acids is 1. The Morgan fingerprint density at radius 2 is 1.94 bits per heavy atom. The number of likely N-dealkylation sites (tertiary alicyclic amines) is 1. The van der Waals surface area contributed by atoms with E-state index in [0.717, 1.165) is 30.1 Å². The topological polar surface area (TPSA) is 92.1 Å². The molecule has 32 heavy (non-hydrogen) atoms. The normalized spacial score (nSPS) is 15.8. The number of hydrogen-bond donors (Lipinski definition) is 1. The van der Waals surface area contributed by atoms with Gasteiger partial charge in [-0.1, -0.05) is 35.3 Å². The van der Waals surface area contributed by atoms with Crippen LogP contribution in [0.25, 0.3) is 0 Å². The van der Waals surface area contributed by atoms with Gasteiger partial charge < -0.3 is 19.7 Å². The van der Waals surface area contributed by atoms with Gasteiger partial charge in [-0.15, -0.1) is 10.2 Å². The molecule has 0 unspecified atom stereocenters. The van der Waals surface area contributed by atoms with Gasteiger partial charge in [-0.25, -0.2) is 14.8 Å². The zero-order valence-corrected chi connectivity index (χ0v) is 19.6. The first kappa shape index (κ1) is 22.3. The fourth-order valence-corrected chi connectivity index (χ4v) is 4.17. The number of amides is 2. The third kappa shape index (κ3) is 4.49. The van der Waals surface area contributed by atoms with Gasteiger partial charge in [0.2, 0.25) is 0 Å². The van der Waals surface area contributed by atoms with E-state index >= 15 is 0 Å². The first-order valence-corrected chi connectivity index (χ1v) is 11.0. The highest BCUT2D eigenvalue weighted by atomic mass is 35.5. The van der Waals surface area contributed by atoms with Crippen LogP contribution in [0.4, 0.5) is 16.3 Å². The Bertz CT molecular complexity index is 1120. The Morgan fingerprint density at radius 3 is 2.66 bits per heavy atom. The Balaban J connectivity index is 1.59. The molecule has 0 aliphatic carbocycles. The highest BCUT2D eigenvalue weighted by Crippen LogP contribution is 2.34. The highest BCUT2D eigenvalue weighted by Gasteiger charge is 2.34. The van der Waals surface area contributed by atoms with Crippen LogP contribution >= 0.6 is 23.2 Å². The molecule has 1 aliphatic heterocycles. The van der Waals surface area contributed by atoms with E-state index in [4.69, 9.17) is 23.2 Å². The number of hydrogen-bond acceptors (Lipinski definition) is 6. The summed E-state index contributed by atoms with van der Waals surface area (Å²) in [6.07, 6.45) is 3.03. The van der Waals surface area contributed by atoms with Crippen molar-refractivity contribution in [2.45, 2.75) is 32.4 Å². The number of aryl methyl sites for hydroxylation is 1. The van der Waals surface area contributed by atoms with Crippen LogP contribution in [0.3, 0.4) is 0 Å². The summed E-state index contributed by atoms with van der Waals surface area (Å²) in [5.74, 6) is 2.08. The number of benzene rings is 1. The molecular formula is C21H24Cl2N8O. The van der Waals surface area contributed by atoms with Gasteiger partial charge in [0, 0.05) is 25.7 Å². The summed E-state index contributed by atoms with van der Waals surface area (Å²) in [5.41, 5.74) is 1.46. The lowest BCUT2D eigenvalue weighted by molar-refractivity contribution is 0.204. The number of nitrogens with zero attached hydrogens (tertiary/aromatic N) is 7. The lowest BCUT2D eigenvalue weighted by Crippen LogP contribution is -2.36. The average Bonchev–Trinajstić information content (AvgIpc) is 3.38. The lowest BCUT2D eigenvalue weighted by Gasteiger charge is -2.26. The van der Waals surface area contributed by atoms with Gasteiger partial charge in [0.1, 0.15) is 17.8 Å². The highest BCUT2D eigenvalue weighted by molar-refractivity contribution is 6.33. The summed E-state index contributed by atoms with van der Waals surface area (Å²) in [7, 11) is 3.66. The van der Waals surface area contributed by atoms with Gasteiger partial charge in [0.25, 0.3) is 0 Å². The number of rotatable bonds is 5. The van der Waals surface area contributed by atoms with Crippen LogP contribution in [0.15, 0.2) is 30.6 Å². The van der Waals surface area contributed by atoms with Crippen LogP contribution in [0.1, 0.15) is 36.1 Å². The molecule has 2 amide bonds. The van der Waals surface area contributed by atoms with Gasteiger partial charge in [-0.05, 0) is 37.5 Å². The van der Waals surface area contributed by atoms with E-state index in [1.165, 1.54) is 6.33 Å². The summed E-state index contributed by atoms with van der Waals surface area (Å²) in [6, 6.07) is 7.20. The van der Waals surface area contributed by atoms with Crippen molar-refractivity contribution in [2.24, 2.45) is 0 Å². The predicted molar refractivity (Wildman–Crippen MR) is 124 cm³/mol. The molecule has 1 aliphatic rings. The van der Waals surface area contributed by atoms with E-state index in [0.29, 0.717) is 29.6 Å². The SMILES string of the molecule is Cc1nnc([C@H]2CCCN2C(=O)Nc2c(Cl)ncnc2N(C)C)n1Cc1ccc(Cl)cc1. The van der Waals surface area contributed by atoms with Crippen LogP contribution in [0.2, 0.25) is 10.2 Å². The van der Waals surface area contributed by atoms with Crippen molar-refractivity contribution < 1.29 is 4.79 Å². The predicted octanol–water partition coefficient (Wildman–Crippen LogP) is 4.17. The third-order valence-electron chi connectivity index (χ3n) is 5.47. The summed E-state index contributed by atoms with van der Waals surface area (Å²) in [4.78, 5) is 25.0. The third-order valence-corrected chi connectivity index (χ3v) is 6.01. The maximum absolute atomic E-state index is 13.2. The number of carbonyl (C=O) groups is 1. The van der Waals surface area contributed by atoms with Crippen LogP contribution in [0, 0.1) is 6.92 Å². The maximum atomic E-state index is 13.2. The minimum absolute atomic E-state index is 0.189. The molecule has 4 rings (SSSR count). The number of halogens is 2. The minimum Gasteiger partial charge on any atom is -0.361 e. The Kier molecular flexibility index (Phi) is 6.48. The van der Waals surface area contributed by atoms with Gasteiger partial charge in [0.15, 0.2) is 16.8 Å². The first-order valence-electron chi connectivity index (χ1n) is 10.2. The largest absolute Gasteiger partial charge is 0.361 e. The zero-order valence-electron chi connectivity index (χ0n) is 18.1. The number of aromatic nitrogens is 5. The lowest BCUT2D eigenvalue weighted by atomic mass is 10.2. The first-order chi connectivity index (χ1) is 15.3. The van der Waals surface area contributed by atoms with E-state index in [2.05, 4.69) is 25.5 Å². The fourth-order valence-electron chi connectivity index (χ4n) is 3.87. The summed E-state index contributed by atoms with van der Waals surface area (Å²) in [5, 5.41) is 12.5. The maximum Gasteiger partial charge on any atom is 0.322 e. The molecular weight excluding hydrogens is 451 g/mol. The molecule has 9 nitrogen and oxygen atoms in total. The number of anilines is 2. The zero-order chi connectivity index (χ0) is 22.8. The van der Waals surface area contributed by atoms with Crippen LogP contribution in [0.5, 0.6) is 0 Å². The molecule has 0 bridgehead atoms. The van der Waals surface area contributed by atoms with Gasteiger partial charge in [0.05, 0.1) is 12.6 Å². The molecule has 1 saturated heterocycles. The molecule has 0 radical (unpaired) electrons. The second-order valence-corrected chi connectivity index (χ2v) is 8.65. The molecule has 0 spiro atoms. The second-order valence-electron chi connectivity index (χ2n) is 7.86. The van der Waals surface area contributed by atoms with E-state index < -0.39 is 0 Å². The van der Waals surface area contributed by atoms with Crippen molar-refractivity contribution in [2.75, 3.05) is 30.9 Å². The molecule has 0 saturated carbocycles. The molecule has 168 valence electrons. The average molecular weight is 475 g/mol. The summed E-state index contributed by atoms with van der Waals surface area (Å²) >= 11 is 12.3. The molecule has 3 aromatic rings. The van der Waals surface area contributed by atoms with E-state index in [1.807, 2.05) is 49.9 Å². The molecule has 11 heteroatoms. The van der Waals surface area contributed by atoms with Crippen molar-refractivity contribution in [1.82, 2.24) is 29.6 Å². The van der Waals surface area contributed by atoms with E-state index in [9.17, 15) is 4.79 Å². The van der Waals surface area contributed by atoms with E-state index in [-0.39, 0.29) is 17.2 Å². The van der Waals surface area contributed by atoms with Crippen LogP contribution in [-0.2, 0) is 6.54 Å². The second kappa shape index (κ2) is 9.30. The van der Waals surface area contributed by atoms with Crippen LogP contribution in [-0.4, -0.2) is 56.3 Å². The summed E-state index contributed by atoms with van der Waals surface area (Å²) < 4.78 is 2.05. The van der Waals surface area contributed by atoms with Crippen molar-refractivity contribution in [3.8, 4) is 0 Å². The van der Waals surface area contributed by atoms with Crippen molar-refractivity contribution >= 4 is 40.7 Å². The number of nitrogens with one attached hydrogen (secondary N) is 1. The Morgan fingerprint density at radius 1 is 1.19 bits per heavy atom. The molecule has 2 aromatic heterocycles. The van der Waals surface area contributed by atoms with Crippen molar-refractivity contribution in [3.05, 3.63) is 58.0 Å². The molecule has 1 atom stereocenters. The smallest absolute Gasteiger partial charge is 0.322 e. The molecule has 1 aromatic carbocycles. The molecule has 3 heterocycles. The number of urea groups is 1. The summed E-state index contributed by atoms with van der Waals surface area (Å²) in [6.45, 7) is 3.11.